The van der Waals surface area contributed by atoms with Gasteiger partial charge in [0.2, 0.25) is 0 Å². The van der Waals surface area contributed by atoms with E-state index in [0.717, 1.165) is 29.4 Å². The molecular formula is C12H17BrN2O2. The fourth-order valence-corrected chi connectivity index (χ4v) is 1.49. The van der Waals surface area contributed by atoms with Crippen molar-refractivity contribution in [2.75, 3.05) is 11.9 Å². The van der Waals surface area contributed by atoms with Crippen molar-refractivity contribution in [3.8, 4) is 0 Å². The lowest BCUT2D eigenvalue weighted by Gasteiger charge is -2.07. The number of rotatable bonds is 6. The second-order valence-electron chi connectivity index (χ2n) is 3.62. The molecule has 0 spiro atoms. The van der Waals surface area contributed by atoms with Gasteiger partial charge in [-0.3, -0.25) is 4.84 Å². The number of hydrogen-bond acceptors (Lipinski definition) is 2. The molecule has 0 bridgehead atoms. The van der Waals surface area contributed by atoms with Gasteiger partial charge in [0.1, 0.15) is 0 Å². The van der Waals surface area contributed by atoms with Crippen molar-refractivity contribution in [1.29, 1.82) is 0 Å². The molecule has 1 aromatic rings. The number of amides is 2. The van der Waals surface area contributed by atoms with Crippen LogP contribution in [0.4, 0.5) is 10.5 Å². The van der Waals surface area contributed by atoms with Gasteiger partial charge in [0, 0.05) is 10.2 Å². The van der Waals surface area contributed by atoms with Crippen LogP contribution >= 0.6 is 15.9 Å². The molecule has 0 aliphatic heterocycles. The van der Waals surface area contributed by atoms with Gasteiger partial charge < -0.3 is 5.32 Å². The Morgan fingerprint density at radius 1 is 1.29 bits per heavy atom. The van der Waals surface area contributed by atoms with Crippen LogP contribution in [-0.2, 0) is 4.84 Å². The Kier molecular flexibility index (Phi) is 6.65. The van der Waals surface area contributed by atoms with E-state index in [2.05, 4.69) is 33.7 Å². The quantitative estimate of drug-likeness (QED) is 0.622. The number of anilines is 1. The Morgan fingerprint density at radius 3 is 2.65 bits per heavy atom. The molecule has 0 saturated heterocycles. The molecule has 0 aromatic heterocycles. The highest BCUT2D eigenvalue weighted by molar-refractivity contribution is 9.10. The molecule has 17 heavy (non-hydrogen) atoms. The molecule has 1 aromatic carbocycles. The molecule has 1 rings (SSSR count). The number of urea groups is 1. The van der Waals surface area contributed by atoms with Gasteiger partial charge in [-0.1, -0.05) is 35.7 Å². The van der Waals surface area contributed by atoms with Crippen LogP contribution in [0.15, 0.2) is 28.7 Å². The highest BCUT2D eigenvalue weighted by Crippen LogP contribution is 2.13. The minimum atomic E-state index is -0.358. The van der Waals surface area contributed by atoms with Crippen LogP contribution in [0.3, 0.4) is 0 Å². The first-order valence-corrected chi connectivity index (χ1v) is 6.46. The maximum atomic E-state index is 11.4. The summed E-state index contributed by atoms with van der Waals surface area (Å²) in [6.07, 6.45) is 3.19. The van der Waals surface area contributed by atoms with Crippen LogP contribution in [0.25, 0.3) is 0 Å². The molecule has 94 valence electrons. The zero-order valence-electron chi connectivity index (χ0n) is 9.83. The molecule has 0 aliphatic carbocycles. The van der Waals surface area contributed by atoms with Gasteiger partial charge in [-0.05, 0) is 30.7 Å². The number of unbranched alkanes of at least 4 members (excludes halogenated alkanes) is 2. The van der Waals surface area contributed by atoms with Crippen LogP contribution < -0.4 is 10.8 Å². The highest BCUT2D eigenvalue weighted by atomic mass is 79.9. The first-order valence-electron chi connectivity index (χ1n) is 5.66. The number of carbonyl (C=O) groups excluding carboxylic acids is 1. The lowest BCUT2D eigenvalue weighted by Crippen LogP contribution is -2.29. The van der Waals surface area contributed by atoms with Crippen LogP contribution in [0.1, 0.15) is 26.2 Å². The highest BCUT2D eigenvalue weighted by Gasteiger charge is 2.00. The summed E-state index contributed by atoms with van der Waals surface area (Å²) in [6, 6.07) is 6.97. The molecule has 0 heterocycles. The van der Waals surface area contributed by atoms with E-state index in [1.807, 2.05) is 12.1 Å². The van der Waals surface area contributed by atoms with E-state index in [9.17, 15) is 4.79 Å². The SMILES string of the molecule is CCCCCONC(=O)Nc1ccc(Br)cc1. The minimum Gasteiger partial charge on any atom is -0.306 e. The summed E-state index contributed by atoms with van der Waals surface area (Å²) in [4.78, 5) is 16.4. The third-order valence-electron chi connectivity index (χ3n) is 2.12. The Bertz CT molecular complexity index is 341. The second-order valence-corrected chi connectivity index (χ2v) is 4.53. The first kappa shape index (κ1) is 14.0. The summed E-state index contributed by atoms with van der Waals surface area (Å²) >= 11 is 3.32. The lowest BCUT2D eigenvalue weighted by molar-refractivity contribution is 0.0634. The molecule has 0 fully saturated rings. The Balaban J connectivity index is 2.18. The fourth-order valence-electron chi connectivity index (χ4n) is 1.23. The van der Waals surface area contributed by atoms with E-state index in [4.69, 9.17) is 4.84 Å². The van der Waals surface area contributed by atoms with Crippen molar-refractivity contribution in [2.45, 2.75) is 26.2 Å². The van der Waals surface area contributed by atoms with E-state index in [-0.39, 0.29) is 6.03 Å². The summed E-state index contributed by atoms with van der Waals surface area (Å²) in [5, 5.41) is 2.66. The molecule has 4 nitrogen and oxygen atoms in total. The predicted molar refractivity (Wildman–Crippen MR) is 71.8 cm³/mol. The molecule has 0 radical (unpaired) electrons. The van der Waals surface area contributed by atoms with Gasteiger partial charge in [-0.25, -0.2) is 10.3 Å². The number of carbonyl (C=O) groups is 1. The van der Waals surface area contributed by atoms with Crippen molar-refractivity contribution >= 4 is 27.6 Å². The van der Waals surface area contributed by atoms with E-state index < -0.39 is 0 Å². The number of hydroxylamine groups is 1. The van der Waals surface area contributed by atoms with Crippen molar-refractivity contribution in [1.82, 2.24) is 5.48 Å². The molecule has 0 atom stereocenters. The molecule has 0 unspecified atom stereocenters. The van der Waals surface area contributed by atoms with Crippen molar-refractivity contribution in [2.24, 2.45) is 0 Å². The lowest BCUT2D eigenvalue weighted by atomic mass is 10.3. The minimum absolute atomic E-state index is 0.358. The fraction of sp³-hybridized carbons (Fsp3) is 0.417. The maximum absolute atomic E-state index is 11.4. The van der Waals surface area contributed by atoms with Crippen LogP contribution in [-0.4, -0.2) is 12.6 Å². The summed E-state index contributed by atoms with van der Waals surface area (Å²) in [5.74, 6) is 0. The van der Waals surface area contributed by atoms with Crippen molar-refractivity contribution < 1.29 is 9.63 Å². The summed E-state index contributed by atoms with van der Waals surface area (Å²) in [7, 11) is 0. The van der Waals surface area contributed by atoms with Gasteiger partial charge >= 0.3 is 6.03 Å². The molecule has 0 aliphatic rings. The monoisotopic (exact) mass is 300 g/mol. The third-order valence-corrected chi connectivity index (χ3v) is 2.65. The van der Waals surface area contributed by atoms with Gasteiger partial charge in [0.05, 0.1) is 6.61 Å². The first-order chi connectivity index (χ1) is 8.22. The Hall–Kier alpha value is -1.07. The maximum Gasteiger partial charge on any atom is 0.343 e. The smallest absolute Gasteiger partial charge is 0.306 e. The molecular weight excluding hydrogens is 284 g/mol. The molecule has 0 saturated carbocycles. The standard InChI is InChI=1S/C12H17BrN2O2/c1-2-3-4-9-17-15-12(16)14-11-7-5-10(13)6-8-11/h5-8H,2-4,9H2,1H3,(H2,14,15,16). The number of nitrogens with one attached hydrogen (secondary N) is 2. The Morgan fingerprint density at radius 2 is 2.00 bits per heavy atom. The van der Waals surface area contributed by atoms with Crippen molar-refractivity contribution in [3.63, 3.8) is 0 Å². The van der Waals surface area contributed by atoms with Gasteiger partial charge in [0.15, 0.2) is 0 Å². The zero-order valence-corrected chi connectivity index (χ0v) is 11.4. The number of hydrogen-bond donors (Lipinski definition) is 2. The summed E-state index contributed by atoms with van der Waals surface area (Å²) < 4.78 is 0.972. The Labute approximate surface area is 110 Å². The third kappa shape index (κ3) is 6.28. The van der Waals surface area contributed by atoms with E-state index in [1.54, 1.807) is 12.1 Å². The van der Waals surface area contributed by atoms with Gasteiger partial charge in [-0.2, -0.15) is 0 Å². The van der Waals surface area contributed by atoms with Crippen LogP contribution in [0.5, 0.6) is 0 Å². The van der Waals surface area contributed by atoms with Gasteiger partial charge in [0.25, 0.3) is 0 Å². The summed E-state index contributed by atoms with van der Waals surface area (Å²) in [5.41, 5.74) is 3.07. The predicted octanol–water partition coefficient (Wildman–Crippen LogP) is 3.69. The van der Waals surface area contributed by atoms with Crippen LogP contribution in [0.2, 0.25) is 0 Å². The number of benzene rings is 1. The molecule has 2 amide bonds. The summed E-state index contributed by atoms with van der Waals surface area (Å²) in [6.45, 7) is 2.66. The zero-order chi connectivity index (χ0) is 12.5. The van der Waals surface area contributed by atoms with Gasteiger partial charge in [-0.15, -0.1) is 0 Å². The largest absolute Gasteiger partial charge is 0.343 e. The second kappa shape index (κ2) is 8.08. The molecule has 5 heteroatoms. The normalized spacial score (nSPS) is 10.0. The average molecular weight is 301 g/mol. The van der Waals surface area contributed by atoms with E-state index >= 15 is 0 Å². The van der Waals surface area contributed by atoms with E-state index in [1.165, 1.54) is 0 Å². The average Bonchev–Trinajstić information content (AvgIpc) is 2.32. The van der Waals surface area contributed by atoms with Crippen LogP contribution in [0, 0.1) is 0 Å². The number of halogens is 1. The van der Waals surface area contributed by atoms with E-state index in [0.29, 0.717) is 6.61 Å². The molecule has 2 N–H and O–H groups in total. The topological polar surface area (TPSA) is 50.4 Å². The van der Waals surface area contributed by atoms with Crippen molar-refractivity contribution in [3.05, 3.63) is 28.7 Å².